The first-order valence-electron chi connectivity index (χ1n) is 7.29. The van der Waals surface area contributed by atoms with Crippen LogP contribution in [-0.4, -0.2) is 30.2 Å². The van der Waals surface area contributed by atoms with E-state index < -0.39 is 10.9 Å². The van der Waals surface area contributed by atoms with Crippen molar-refractivity contribution in [2.75, 3.05) is 14.2 Å². The average Bonchev–Trinajstić information content (AvgIpc) is 2.60. The van der Waals surface area contributed by atoms with Gasteiger partial charge in [0, 0.05) is 23.3 Å². The molecule has 1 N–H and O–H groups in total. The summed E-state index contributed by atoms with van der Waals surface area (Å²) in [5, 5.41) is 20.6. The summed E-state index contributed by atoms with van der Waals surface area (Å²) in [7, 11) is 2.92. The molecule has 0 aliphatic heterocycles. The highest BCUT2D eigenvalue weighted by Gasteiger charge is 2.17. The third kappa shape index (κ3) is 3.95. The van der Waals surface area contributed by atoms with Gasteiger partial charge in [0.1, 0.15) is 11.5 Å². The first kappa shape index (κ1) is 18.0. The molecule has 7 nitrogen and oxygen atoms in total. The maximum absolute atomic E-state index is 11.7. The molecule has 0 amide bonds. The third-order valence-electron chi connectivity index (χ3n) is 3.67. The molecule has 25 heavy (non-hydrogen) atoms. The van der Waals surface area contributed by atoms with Crippen molar-refractivity contribution in [3.8, 4) is 11.5 Å². The maximum Gasteiger partial charge on any atom is 0.336 e. The van der Waals surface area contributed by atoms with Crippen LogP contribution in [0, 0.1) is 17.0 Å². The lowest BCUT2D eigenvalue weighted by atomic mass is 10.0. The summed E-state index contributed by atoms with van der Waals surface area (Å²) < 4.78 is 10.3. The minimum atomic E-state index is -1.17. The van der Waals surface area contributed by atoms with Gasteiger partial charge in [0.2, 0.25) is 0 Å². The Bertz CT molecular complexity index is 857. The largest absolute Gasteiger partial charge is 0.497 e. The van der Waals surface area contributed by atoms with Gasteiger partial charge in [0.25, 0.3) is 5.69 Å². The molecule has 2 rings (SSSR count). The van der Waals surface area contributed by atoms with E-state index in [2.05, 4.69) is 0 Å². The van der Waals surface area contributed by atoms with Gasteiger partial charge in [-0.15, -0.1) is 0 Å². The predicted octanol–water partition coefficient (Wildman–Crippen LogP) is 3.55. The van der Waals surface area contributed by atoms with Crippen molar-refractivity contribution in [1.29, 1.82) is 0 Å². The number of aliphatic carboxylic acids is 1. The zero-order chi connectivity index (χ0) is 18.6. The number of ether oxygens (including phenoxy) is 2. The lowest BCUT2D eigenvalue weighted by Gasteiger charge is -2.11. The van der Waals surface area contributed by atoms with E-state index in [9.17, 15) is 20.0 Å². The van der Waals surface area contributed by atoms with E-state index in [1.807, 2.05) is 0 Å². The highest BCUT2D eigenvalue weighted by Crippen LogP contribution is 2.32. The van der Waals surface area contributed by atoms with Gasteiger partial charge in [-0.05, 0) is 30.7 Å². The number of benzene rings is 2. The number of rotatable bonds is 6. The van der Waals surface area contributed by atoms with Gasteiger partial charge in [-0.25, -0.2) is 4.79 Å². The number of carboxylic acid groups (broad SMARTS) is 1. The monoisotopic (exact) mass is 343 g/mol. The van der Waals surface area contributed by atoms with Crippen molar-refractivity contribution >= 4 is 23.3 Å². The molecule has 2 aromatic rings. The number of aryl methyl sites for hydroxylation is 1. The number of nitro benzene ring substituents is 1. The van der Waals surface area contributed by atoms with Crippen molar-refractivity contribution in [3.05, 3.63) is 63.2 Å². The fourth-order valence-electron chi connectivity index (χ4n) is 2.36. The highest BCUT2D eigenvalue weighted by molar-refractivity contribution is 6.21. The van der Waals surface area contributed by atoms with Crippen LogP contribution in [0.1, 0.15) is 16.7 Å². The predicted molar refractivity (Wildman–Crippen MR) is 92.9 cm³/mol. The van der Waals surface area contributed by atoms with Crippen LogP contribution in [0.2, 0.25) is 0 Å². The summed E-state index contributed by atoms with van der Waals surface area (Å²) in [4.78, 5) is 22.3. The number of nitro groups is 1. The number of carboxylic acids is 1. The van der Waals surface area contributed by atoms with Gasteiger partial charge in [0.05, 0.1) is 24.7 Å². The Morgan fingerprint density at radius 2 is 1.88 bits per heavy atom. The molecule has 0 atom stereocenters. The standard InChI is InChI=1S/C18H17NO6/c1-11-4-5-12(9-16(11)19(22)23)8-15(18(20)21)14-7-6-13(24-2)10-17(14)25-3/h4-10H,1-3H3,(H,20,21)/b15-8-. The number of hydrogen-bond acceptors (Lipinski definition) is 5. The lowest BCUT2D eigenvalue weighted by Crippen LogP contribution is -2.02. The van der Waals surface area contributed by atoms with Gasteiger partial charge in [-0.2, -0.15) is 0 Å². The molecule has 0 fully saturated rings. The SMILES string of the molecule is COc1ccc(/C(=C/c2ccc(C)c([N+](=O)[O-])c2)C(=O)O)c(OC)c1. The van der Waals surface area contributed by atoms with E-state index in [0.29, 0.717) is 28.2 Å². The normalized spacial score (nSPS) is 11.1. The summed E-state index contributed by atoms with van der Waals surface area (Å²) in [6, 6.07) is 9.31. The summed E-state index contributed by atoms with van der Waals surface area (Å²) >= 11 is 0. The van der Waals surface area contributed by atoms with Crippen LogP contribution in [0.3, 0.4) is 0 Å². The Labute approximate surface area is 144 Å². The van der Waals surface area contributed by atoms with Crippen molar-refractivity contribution in [1.82, 2.24) is 0 Å². The molecule has 0 bridgehead atoms. The average molecular weight is 343 g/mol. The molecule has 0 unspecified atom stereocenters. The summed E-state index contributed by atoms with van der Waals surface area (Å²) in [6.45, 7) is 1.62. The zero-order valence-corrected chi connectivity index (χ0v) is 14.0. The molecular weight excluding hydrogens is 326 g/mol. The van der Waals surface area contributed by atoms with Crippen LogP contribution in [0.15, 0.2) is 36.4 Å². The second kappa shape index (κ2) is 7.48. The van der Waals surface area contributed by atoms with Crippen LogP contribution >= 0.6 is 0 Å². The van der Waals surface area contributed by atoms with Crippen LogP contribution in [0.4, 0.5) is 5.69 Å². The first-order chi connectivity index (χ1) is 11.9. The van der Waals surface area contributed by atoms with Gasteiger partial charge < -0.3 is 14.6 Å². The zero-order valence-electron chi connectivity index (χ0n) is 14.0. The first-order valence-corrected chi connectivity index (χ1v) is 7.29. The number of carbonyl (C=O) groups is 1. The maximum atomic E-state index is 11.7. The van der Waals surface area contributed by atoms with Crippen LogP contribution in [0.5, 0.6) is 11.5 Å². The minimum absolute atomic E-state index is 0.0438. The smallest absolute Gasteiger partial charge is 0.336 e. The Balaban J connectivity index is 2.60. The Kier molecular flexibility index (Phi) is 5.38. The Morgan fingerprint density at radius 1 is 1.16 bits per heavy atom. The molecule has 0 aliphatic rings. The van der Waals surface area contributed by atoms with E-state index >= 15 is 0 Å². The van der Waals surface area contributed by atoms with Crippen LogP contribution in [0.25, 0.3) is 11.6 Å². The molecule has 2 aromatic carbocycles. The van der Waals surface area contributed by atoms with Gasteiger partial charge in [-0.3, -0.25) is 10.1 Å². The van der Waals surface area contributed by atoms with Crippen molar-refractivity contribution in [2.45, 2.75) is 6.92 Å². The van der Waals surface area contributed by atoms with E-state index in [-0.39, 0.29) is 11.3 Å². The second-order valence-electron chi connectivity index (χ2n) is 5.23. The van der Waals surface area contributed by atoms with Crippen molar-refractivity contribution in [2.24, 2.45) is 0 Å². The van der Waals surface area contributed by atoms with Gasteiger partial charge in [0.15, 0.2) is 0 Å². The van der Waals surface area contributed by atoms with Gasteiger partial charge in [-0.1, -0.05) is 12.1 Å². The molecule has 0 saturated carbocycles. The molecule has 0 saturated heterocycles. The van der Waals surface area contributed by atoms with Gasteiger partial charge >= 0.3 is 5.97 Å². The molecule has 0 heterocycles. The highest BCUT2D eigenvalue weighted by atomic mass is 16.6. The Morgan fingerprint density at radius 3 is 2.44 bits per heavy atom. The number of nitrogens with zero attached hydrogens (tertiary/aromatic N) is 1. The van der Waals surface area contributed by atoms with E-state index in [1.165, 1.54) is 26.4 Å². The molecule has 0 spiro atoms. The topological polar surface area (TPSA) is 98.9 Å². The quantitative estimate of drug-likeness (QED) is 0.373. The third-order valence-corrected chi connectivity index (χ3v) is 3.67. The number of hydrogen-bond donors (Lipinski definition) is 1. The summed E-state index contributed by atoms with van der Waals surface area (Å²) in [6.07, 6.45) is 1.37. The lowest BCUT2D eigenvalue weighted by molar-refractivity contribution is -0.385. The second-order valence-corrected chi connectivity index (χ2v) is 5.23. The summed E-state index contributed by atoms with van der Waals surface area (Å²) in [5.74, 6) is -0.322. The molecular formula is C18H17NO6. The van der Waals surface area contributed by atoms with Crippen molar-refractivity contribution < 1.29 is 24.3 Å². The molecule has 0 radical (unpaired) electrons. The fourth-order valence-corrected chi connectivity index (χ4v) is 2.36. The van der Waals surface area contributed by atoms with Crippen molar-refractivity contribution in [3.63, 3.8) is 0 Å². The van der Waals surface area contributed by atoms with E-state index in [0.717, 1.165) is 0 Å². The molecule has 0 aromatic heterocycles. The molecule has 7 heteroatoms. The fraction of sp³-hybridized carbons (Fsp3) is 0.167. The van der Waals surface area contributed by atoms with Crippen LogP contribution < -0.4 is 9.47 Å². The van der Waals surface area contributed by atoms with Crippen LogP contribution in [-0.2, 0) is 4.79 Å². The molecule has 130 valence electrons. The summed E-state index contributed by atoms with van der Waals surface area (Å²) in [5.41, 5.74) is 1.14. The number of methoxy groups -OCH3 is 2. The molecule has 0 aliphatic carbocycles. The van der Waals surface area contributed by atoms with E-state index in [1.54, 1.807) is 37.3 Å². The van der Waals surface area contributed by atoms with E-state index in [4.69, 9.17) is 9.47 Å². The Hall–Kier alpha value is -3.35. The minimum Gasteiger partial charge on any atom is -0.497 e.